The van der Waals surface area contributed by atoms with Crippen LogP contribution in [0.2, 0.25) is 0 Å². The molecule has 0 aliphatic rings. The topological polar surface area (TPSA) is 38.8 Å². The van der Waals surface area contributed by atoms with Gasteiger partial charge in [0.25, 0.3) is 0 Å². The Morgan fingerprint density at radius 3 is 1.17 bits per heavy atom. The van der Waals surface area contributed by atoms with Crippen molar-refractivity contribution in [3.63, 3.8) is 0 Å². The predicted octanol–water partition coefficient (Wildman–Crippen LogP) is 14.0. The first kappa shape index (κ1) is 30.8. The normalized spacial score (nSPS) is 11.5. The maximum atomic E-state index is 6.38. The zero-order chi connectivity index (χ0) is 35.3. The molecule has 252 valence electrons. The van der Waals surface area contributed by atoms with E-state index in [1.54, 1.807) is 7.11 Å². The number of anilines is 3. The van der Waals surface area contributed by atoms with E-state index in [4.69, 9.17) is 13.6 Å². The van der Waals surface area contributed by atoms with E-state index in [0.29, 0.717) is 0 Å². The first-order chi connectivity index (χ1) is 26.2. The summed E-state index contributed by atoms with van der Waals surface area (Å²) >= 11 is 0. The highest BCUT2D eigenvalue weighted by Gasteiger charge is 2.17. The van der Waals surface area contributed by atoms with Crippen molar-refractivity contribution in [3.05, 3.63) is 182 Å². The van der Waals surface area contributed by atoms with Crippen molar-refractivity contribution < 1.29 is 13.6 Å². The number of nitrogens with zero attached hydrogens (tertiary/aromatic N) is 1. The van der Waals surface area contributed by atoms with Crippen molar-refractivity contribution in [1.29, 1.82) is 0 Å². The molecule has 10 aromatic rings. The summed E-state index contributed by atoms with van der Waals surface area (Å²) in [6.45, 7) is 0. The zero-order valence-electron chi connectivity index (χ0n) is 29.0. The molecule has 0 unspecified atom stereocenters. The van der Waals surface area contributed by atoms with Gasteiger partial charge in [0.15, 0.2) is 0 Å². The van der Waals surface area contributed by atoms with Crippen LogP contribution in [0.1, 0.15) is 0 Å². The molecule has 0 saturated carbocycles. The van der Waals surface area contributed by atoms with Gasteiger partial charge in [0, 0.05) is 49.7 Å². The zero-order valence-corrected chi connectivity index (χ0v) is 29.0. The summed E-state index contributed by atoms with van der Waals surface area (Å²) in [6, 6.07) is 63.6. The fourth-order valence-corrected chi connectivity index (χ4v) is 7.56. The van der Waals surface area contributed by atoms with Crippen LogP contribution in [0.15, 0.2) is 191 Å². The molecule has 2 heterocycles. The molecule has 4 nitrogen and oxygen atoms in total. The molecule has 0 N–H and O–H groups in total. The monoisotopic (exact) mass is 683 g/mol. The minimum Gasteiger partial charge on any atom is -0.497 e. The number of para-hydroxylation sites is 4. The second-order valence-electron chi connectivity index (χ2n) is 13.3. The molecule has 0 spiro atoms. The van der Waals surface area contributed by atoms with Gasteiger partial charge in [-0.2, -0.15) is 0 Å². The highest BCUT2D eigenvalue weighted by molar-refractivity contribution is 6.10. The summed E-state index contributed by atoms with van der Waals surface area (Å²) in [6.07, 6.45) is 0. The smallest absolute Gasteiger partial charge is 0.143 e. The van der Waals surface area contributed by atoms with Gasteiger partial charge in [0.2, 0.25) is 0 Å². The molecule has 10 rings (SSSR count). The Morgan fingerprint density at radius 2 is 0.736 bits per heavy atom. The minimum atomic E-state index is 0.844. The summed E-state index contributed by atoms with van der Waals surface area (Å²) in [5.74, 6) is 0.844. The lowest BCUT2D eigenvalue weighted by molar-refractivity contribution is 0.415. The van der Waals surface area contributed by atoms with Crippen molar-refractivity contribution in [2.75, 3.05) is 12.0 Å². The molecule has 0 radical (unpaired) electrons. The quantitative estimate of drug-likeness (QED) is 0.168. The van der Waals surface area contributed by atoms with Crippen LogP contribution < -0.4 is 9.64 Å². The van der Waals surface area contributed by atoms with Crippen molar-refractivity contribution in [1.82, 2.24) is 0 Å². The van der Waals surface area contributed by atoms with E-state index < -0.39 is 0 Å². The number of hydrogen-bond donors (Lipinski definition) is 0. The third kappa shape index (κ3) is 5.31. The lowest BCUT2D eigenvalue weighted by Gasteiger charge is -2.26. The Balaban J connectivity index is 1.05. The Morgan fingerprint density at radius 1 is 0.358 bits per heavy atom. The molecule has 2 aromatic heterocycles. The highest BCUT2D eigenvalue weighted by Crippen LogP contribution is 2.41. The average Bonchev–Trinajstić information content (AvgIpc) is 3.81. The van der Waals surface area contributed by atoms with Gasteiger partial charge in [0.05, 0.1) is 7.11 Å². The van der Waals surface area contributed by atoms with Crippen LogP contribution in [0.25, 0.3) is 77.3 Å². The van der Waals surface area contributed by atoms with Crippen LogP contribution in [-0.4, -0.2) is 7.11 Å². The van der Waals surface area contributed by atoms with Gasteiger partial charge < -0.3 is 18.5 Å². The first-order valence-corrected chi connectivity index (χ1v) is 17.8. The summed E-state index contributed by atoms with van der Waals surface area (Å²) in [5.41, 5.74) is 13.4. The van der Waals surface area contributed by atoms with E-state index in [0.717, 1.165) is 100 Å². The summed E-state index contributed by atoms with van der Waals surface area (Å²) < 4.78 is 18.1. The van der Waals surface area contributed by atoms with Crippen LogP contribution in [0.3, 0.4) is 0 Å². The van der Waals surface area contributed by atoms with Gasteiger partial charge in [0.1, 0.15) is 28.1 Å². The Hall–Kier alpha value is -7.04. The van der Waals surface area contributed by atoms with Gasteiger partial charge in [-0.1, -0.05) is 121 Å². The van der Waals surface area contributed by atoms with Crippen LogP contribution in [-0.2, 0) is 0 Å². The van der Waals surface area contributed by atoms with Crippen LogP contribution >= 0.6 is 0 Å². The Kier molecular flexibility index (Phi) is 7.33. The Bertz CT molecular complexity index is 2740. The predicted molar refractivity (Wildman–Crippen MR) is 219 cm³/mol. The van der Waals surface area contributed by atoms with Gasteiger partial charge in [-0.3, -0.25) is 0 Å². The summed E-state index contributed by atoms with van der Waals surface area (Å²) in [7, 11) is 1.69. The molecule has 4 heteroatoms. The molecule has 0 aliphatic carbocycles. The summed E-state index contributed by atoms with van der Waals surface area (Å²) in [4.78, 5) is 2.30. The van der Waals surface area contributed by atoms with Crippen molar-refractivity contribution >= 4 is 60.9 Å². The second kappa shape index (κ2) is 12.6. The van der Waals surface area contributed by atoms with Crippen LogP contribution in [0.4, 0.5) is 17.1 Å². The number of methoxy groups -OCH3 is 1. The third-order valence-electron chi connectivity index (χ3n) is 10.2. The molecule has 0 saturated heterocycles. The van der Waals surface area contributed by atoms with Gasteiger partial charge in [-0.25, -0.2) is 0 Å². The van der Waals surface area contributed by atoms with E-state index in [2.05, 4.69) is 150 Å². The fourth-order valence-electron chi connectivity index (χ4n) is 7.56. The number of rotatable bonds is 7. The largest absolute Gasteiger partial charge is 0.497 e. The van der Waals surface area contributed by atoms with Crippen LogP contribution in [0.5, 0.6) is 5.75 Å². The van der Waals surface area contributed by atoms with E-state index in [1.807, 2.05) is 36.4 Å². The average molecular weight is 684 g/mol. The second-order valence-corrected chi connectivity index (χ2v) is 13.3. The number of furan rings is 2. The van der Waals surface area contributed by atoms with E-state index in [1.165, 1.54) is 0 Å². The van der Waals surface area contributed by atoms with E-state index in [9.17, 15) is 0 Å². The number of benzene rings is 8. The highest BCUT2D eigenvalue weighted by atomic mass is 16.5. The van der Waals surface area contributed by atoms with E-state index in [-0.39, 0.29) is 0 Å². The molecule has 0 fully saturated rings. The minimum absolute atomic E-state index is 0.844. The molecule has 0 bridgehead atoms. The van der Waals surface area contributed by atoms with E-state index >= 15 is 0 Å². The number of hydrogen-bond acceptors (Lipinski definition) is 4. The molecule has 0 atom stereocenters. The lowest BCUT2D eigenvalue weighted by Crippen LogP contribution is -2.09. The molecular weight excluding hydrogens is 651 g/mol. The summed E-state index contributed by atoms with van der Waals surface area (Å²) in [5, 5.41) is 4.51. The van der Waals surface area contributed by atoms with Gasteiger partial charge in [-0.15, -0.1) is 0 Å². The lowest BCUT2D eigenvalue weighted by atomic mass is 10.0. The third-order valence-corrected chi connectivity index (χ3v) is 10.2. The van der Waals surface area contributed by atoms with Crippen molar-refractivity contribution in [2.45, 2.75) is 0 Å². The van der Waals surface area contributed by atoms with Crippen LogP contribution in [0, 0.1) is 0 Å². The van der Waals surface area contributed by atoms with Crippen molar-refractivity contribution in [2.24, 2.45) is 0 Å². The van der Waals surface area contributed by atoms with Gasteiger partial charge >= 0.3 is 0 Å². The Labute approximate surface area is 306 Å². The standard InChI is InChI=1S/C49H33NO3/c1-51-39-30-22-33(23-31-39)32-16-24-36(25-17-32)50(37-26-18-34(19-27-37)40-10-6-12-44-42-8-2-4-14-46(42)52-48(40)44)38-28-20-35(21-29-38)41-11-7-13-45-43-9-3-5-15-47(43)53-49(41)45/h2-31H,1H3. The number of ether oxygens (including phenoxy) is 1. The molecule has 8 aromatic carbocycles. The molecule has 0 amide bonds. The first-order valence-electron chi connectivity index (χ1n) is 17.8. The molecule has 53 heavy (non-hydrogen) atoms. The SMILES string of the molecule is COc1ccc(-c2ccc(N(c3ccc(-c4cccc5c4oc4ccccc45)cc3)c3ccc(-c4cccc5c4oc4ccccc45)cc3)cc2)cc1. The molecular formula is C49H33NO3. The maximum absolute atomic E-state index is 6.38. The van der Waals surface area contributed by atoms with Gasteiger partial charge in [-0.05, 0) is 82.9 Å². The number of fused-ring (bicyclic) bond motifs is 6. The van der Waals surface area contributed by atoms with Crippen molar-refractivity contribution in [3.8, 4) is 39.1 Å². The molecule has 0 aliphatic heterocycles. The fraction of sp³-hybridized carbons (Fsp3) is 0.0204. The maximum Gasteiger partial charge on any atom is 0.143 e.